The first kappa shape index (κ1) is 29.6. The third kappa shape index (κ3) is 7.86. The average Bonchev–Trinajstić information content (AvgIpc) is 3.55. The van der Waals surface area contributed by atoms with E-state index in [2.05, 4.69) is 121 Å². The number of hydrogen-bond acceptors (Lipinski definition) is 3. The Balaban J connectivity index is 1.23. The molecule has 4 nitrogen and oxygen atoms in total. The third-order valence-electron chi connectivity index (χ3n) is 8.00. The molecule has 0 aliphatic rings. The van der Waals surface area contributed by atoms with Crippen LogP contribution >= 0.6 is 7.26 Å². The second-order valence-electron chi connectivity index (χ2n) is 10.8. The van der Waals surface area contributed by atoms with E-state index in [9.17, 15) is 0 Å². The molecule has 210 valence electrons. The van der Waals surface area contributed by atoms with E-state index >= 15 is 0 Å². The van der Waals surface area contributed by atoms with Gasteiger partial charge in [-0.3, -0.25) is 5.10 Å². The van der Waals surface area contributed by atoms with Crippen LogP contribution in [0.15, 0.2) is 109 Å². The summed E-state index contributed by atoms with van der Waals surface area (Å²) in [5, 5.41) is 15.4. The highest BCUT2D eigenvalue weighted by Crippen LogP contribution is 2.55. The summed E-state index contributed by atoms with van der Waals surface area (Å²) in [5.74, 6) is 0.458. The minimum atomic E-state index is -1.74. The maximum Gasteiger partial charge on any atom is 0.142 e. The predicted octanol–water partition coefficient (Wildman–Crippen LogP) is 7.31. The standard InChI is InChI=1S/C35H46N4P/c1-3-32(37-26-29(2)30-21-23-31(36)24-22-30)16-10-6-4-5-7-15-25-40(35-27-38-39-28-35,33-17-11-8-12-18-33)34-19-13-9-14-20-34/h3,8-9,11-14,17-24,27-29,37H,4-7,10,15-16,25-26,36H2,1-2H3,(H,38,39)/q+1/b32-3-. The van der Waals surface area contributed by atoms with E-state index < -0.39 is 7.26 Å². The lowest BCUT2D eigenvalue weighted by Gasteiger charge is -2.26. The van der Waals surface area contributed by atoms with Crippen LogP contribution in [0.5, 0.6) is 0 Å². The fourth-order valence-corrected chi connectivity index (χ4v) is 9.85. The molecule has 0 fully saturated rings. The molecule has 5 heteroatoms. The number of rotatable bonds is 16. The normalized spacial score (nSPS) is 12.8. The van der Waals surface area contributed by atoms with Gasteiger partial charge in [0.05, 0.1) is 18.6 Å². The van der Waals surface area contributed by atoms with Crippen molar-refractivity contribution in [2.75, 3.05) is 18.4 Å². The molecule has 3 aromatic carbocycles. The Labute approximate surface area is 241 Å². The number of nitrogens with one attached hydrogen (secondary N) is 2. The van der Waals surface area contributed by atoms with E-state index in [-0.39, 0.29) is 0 Å². The molecule has 4 rings (SSSR count). The van der Waals surface area contributed by atoms with Crippen molar-refractivity contribution in [3.63, 3.8) is 0 Å². The Kier molecular flexibility index (Phi) is 11.4. The molecule has 0 aliphatic heterocycles. The molecule has 4 N–H and O–H groups in total. The average molecular weight is 554 g/mol. The van der Waals surface area contributed by atoms with Crippen LogP contribution in [0, 0.1) is 0 Å². The highest BCUT2D eigenvalue weighted by molar-refractivity contribution is 7.95. The van der Waals surface area contributed by atoms with E-state index in [0.29, 0.717) is 5.92 Å². The maximum atomic E-state index is 5.84. The van der Waals surface area contributed by atoms with Crippen molar-refractivity contribution in [2.45, 2.75) is 64.7 Å². The summed E-state index contributed by atoms with van der Waals surface area (Å²) in [6, 6.07) is 30.5. The van der Waals surface area contributed by atoms with Gasteiger partial charge in [0.25, 0.3) is 0 Å². The fourth-order valence-electron chi connectivity index (χ4n) is 5.59. The van der Waals surface area contributed by atoms with Crippen LogP contribution in [0.2, 0.25) is 0 Å². The zero-order valence-corrected chi connectivity index (χ0v) is 25.1. The number of nitrogen functional groups attached to an aromatic ring is 1. The van der Waals surface area contributed by atoms with E-state index in [1.807, 2.05) is 12.1 Å². The number of H-pyrrole nitrogens is 1. The van der Waals surface area contributed by atoms with Gasteiger partial charge < -0.3 is 11.1 Å². The van der Waals surface area contributed by atoms with Gasteiger partial charge in [-0.1, -0.05) is 80.8 Å². The van der Waals surface area contributed by atoms with Gasteiger partial charge in [0, 0.05) is 17.9 Å². The zero-order chi connectivity index (χ0) is 28.0. The molecule has 0 aliphatic carbocycles. The first-order valence-corrected chi connectivity index (χ1v) is 16.8. The number of aromatic amines is 1. The van der Waals surface area contributed by atoms with Crippen LogP contribution in [-0.4, -0.2) is 22.9 Å². The number of aromatic nitrogens is 2. The van der Waals surface area contributed by atoms with Crippen molar-refractivity contribution in [1.82, 2.24) is 15.5 Å². The molecule has 0 radical (unpaired) electrons. The lowest BCUT2D eigenvalue weighted by molar-refractivity contribution is 0.587. The van der Waals surface area contributed by atoms with Crippen LogP contribution in [-0.2, 0) is 0 Å². The van der Waals surface area contributed by atoms with Crippen LogP contribution in [0.3, 0.4) is 0 Å². The molecule has 1 atom stereocenters. The summed E-state index contributed by atoms with van der Waals surface area (Å²) < 4.78 is 0. The maximum absolute atomic E-state index is 5.84. The minimum absolute atomic E-state index is 0.458. The molecule has 1 aromatic heterocycles. The highest BCUT2D eigenvalue weighted by Gasteiger charge is 2.45. The fraction of sp³-hybridized carbons (Fsp3) is 0.343. The summed E-state index contributed by atoms with van der Waals surface area (Å²) in [6.07, 6.45) is 16.3. The number of hydrogen-bond donors (Lipinski definition) is 3. The monoisotopic (exact) mass is 553 g/mol. The first-order valence-electron chi connectivity index (χ1n) is 14.9. The lowest BCUT2D eigenvalue weighted by Crippen LogP contribution is -2.32. The van der Waals surface area contributed by atoms with Crippen molar-refractivity contribution < 1.29 is 0 Å². The van der Waals surface area contributed by atoms with Gasteiger partial charge >= 0.3 is 0 Å². The Morgan fingerprint density at radius 1 is 0.825 bits per heavy atom. The van der Waals surface area contributed by atoms with Gasteiger partial charge in [0.2, 0.25) is 0 Å². The second kappa shape index (κ2) is 15.4. The molecule has 1 heterocycles. The molecule has 40 heavy (non-hydrogen) atoms. The molecule has 0 bridgehead atoms. The molecular weight excluding hydrogens is 507 g/mol. The summed E-state index contributed by atoms with van der Waals surface area (Å²) in [4.78, 5) is 0. The molecule has 0 spiro atoms. The molecular formula is C35H46N4P+. The highest BCUT2D eigenvalue weighted by atomic mass is 31.2. The summed E-state index contributed by atoms with van der Waals surface area (Å²) >= 11 is 0. The molecule has 0 amide bonds. The summed E-state index contributed by atoms with van der Waals surface area (Å²) in [6.45, 7) is 5.37. The van der Waals surface area contributed by atoms with E-state index in [4.69, 9.17) is 5.73 Å². The number of allylic oxidation sites excluding steroid dienone is 2. The van der Waals surface area contributed by atoms with E-state index in [0.717, 1.165) is 18.7 Å². The predicted molar refractivity (Wildman–Crippen MR) is 176 cm³/mol. The number of unbranched alkanes of at least 4 members (excludes halogenated alkanes) is 5. The van der Waals surface area contributed by atoms with Gasteiger partial charge in [-0.25, -0.2) is 0 Å². The lowest BCUT2D eigenvalue weighted by atomic mass is 10.0. The largest absolute Gasteiger partial charge is 0.399 e. The summed E-state index contributed by atoms with van der Waals surface area (Å²) in [5.41, 5.74) is 9.35. The SMILES string of the molecule is C/C=C(/CCCCCCCC[P+](c1ccccc1)(c1ccccc1)c1cn[nH]c1)NCC(C)c1ccc(N)cc1. The number of nitrogens with zero attached hydrogens (tertiary/aromatic N) is 1. The van der Waals surface area contributed by atoms with Crippen molar-refractivity contribution in [3.05, 3.63) is 115 Å². The van der Waals surface area contributed by atoms with Crippen LogP contribution in [0.4, 0.5) is 5.69 Å². The Bertz CT molecular complexity index is 1230. The molecule has 0 saturated heterocycles. The molecule has 0 saturated carbocycles. The van der Waals surface area contributed by atoms with E-state index in [1.54, 1.807) is 0 Å². The molecule has 1 unspecified atom stereocenters. The second-order valence-corrected chi connectivity index (χ2v) is 14.4. The minimum Gasteiger partial charge on any atom is -0.399 e. The van der Waals surface area contributed by atoms with Crippen molar-refractivity contribution in [2.24, 2.45) is 0 Å². The van der Waals surface area contributed by atoms with Gasteiger partial charge in [0.1, 0.15) is 23.2 Å². The quantitative estimate of drug-likeness (QED) is 0.0774. The first-order chi connectivity index (χ1) is 19.6. The van der Waals surface area contributed by atoms with Crippen molar-refractivity contribution in [3.8, 4) is 0 Å². The van der Waals surface area contributed by atoms with Gasteiger partial charge in [-0.15, -0.1) is 0 Å². The topological polar surface area (TPSA) is 66.7 Å². The summed E-state index contributed by atoms with van der Waals surface area (Å²) in [7, 11) is -1.74. The number of nitrogens with two attached hydrogens (primary N) is 1. The van der Waals surface area contributed by atoms with Crippen molar-refractivity contribution in [1.29, 1.82) is 0 Å². The molecule has 4 aromatic rings. The van der Waals surface area contributed by atoms with Crippen molar-refractivity contribution >= 4 is 28.9 Å². The number of benzene rings is 3. The van der Waals surface area contributed by atoms with Crippen LogP contribution in [0.1, 0.15) is 70.3 Å². The Morgan fingerprint density at radius 3 is 2.00 bits per heavy atom. The van der Waals surface area contributed by atoms with Gasteiger partial charge in [-0.05, 0) is 80.5 Å². The third-order valence-corrected chi connectivity index (χ3v) is 12.5. The zero-order valence-electron chi connectivity index (χ0n) is 24.2. The van der Waals surface area contributed by atoms with Gasteiger partial charge in [0.15, 0.2) is 0 Å². The Morgan fingerprint density at radius 2 is 1.43 bits per heavy atom. The van der Waals surface area contributed by atoms with Gasteiger partial charge in [-0.2, -0.15) is 5.10 Å². The van der Waals surface area contributed by atoms with Crippen LogP contribution < -0.4 is 27.0 Å². The Hall–Kier alpha value is -3.36. The van der Waals surface area contributed by atoms with E-state index in [1.165, 1.54) is 71.9 Å². The number of anilines is 1. The van der Waals surface area contributed by atoms with Crippen LogP contribution in [0.25, 0.3) is 0 Å². The smallest absolute Gasteiger partial charge is 0.142 e.